The molecular formula is C14H21N3O. The molecule has 1 aromatic rings. The van der Waals surface area contributed by atoms with E-state index in [0.29, 0.717) is 0 Å². The molecule has 1 fully saturated rings. The Kier molecular flexibility index (Phi) is 3.68. The third kappa shape index (κ3) is 2.13. The summed E-state index contributed by atoms with van der Waals surface area (Å²) >= 11 is 0. The summed E-state index contributed by atoms with van der Waals surface area (Å²) < 4.78 is 0. The van der Waals surface area contributed by atoms with Gasteiger partial charge < -0.3 is 11.1 Å². The molecule has 0 saturated carbocycles. The number of benzene rings is 1. The molecule has 18 heavy (non-hydrogen) atoms. The lowest BCUT2D eigenvalue weighted by Crippen LogP contribution is -2.58. The van der Waals surface area contributed by atoms with Crippen molar-refractivity contribution in [1.29, 1.82) is 0 Å². The van der Waals surface area contributed by atoms with Gasteiger partial charge >= 0.3 is 0 Å². The molecule has 2 rings (SSSR count). The third-order valence-corrected chi connectivity index (χ3v) is 3.90. The molecule has 1 unspecified atom stereocenters. The first-order chi connectivity index (χ1) is 8.56. The Morgan fingerprint density at radius 2 is 1.94 bits per heavy atom. The fourth-order valence-electron chi connectivity index (χ4n) is 2.69. The first-order valence-electron chi connectivity index (χ1n) is 6.38. The van der Waals surface area contributed by atoms with Crippen LogP contribution in [0.25, 0.3) is 0 Å². The molecule has 4 heteroatoms. The summed E-state index contributed by atoms with van der Waals surface area (Å²) in [5, 5.41) is 3.30. The van der Waals surface area contributed by atoms with E-state index in [1.165, 1.54) is 0 Å². The van der Waals surface area contributed by atoms with Gasteiger partial charge in [-0.15, -0.1) is 0 Å². The molecule has 1 heterocycles. The third-order valence-electron chi connectivity index (χ3n) is 3.90. The highest BCUT2D eigenvalue weighted by Gasteiger charge is 2.40. The summed E-state index contributed by atoms with van der Waals surface area (Å²) in [5.41, 5.74) is 7.11. The average molecular weight is 247 g/mol. The number of rotatable bonds is 3. The molecule has 3 N–H and O–H groups in total. The van der Waals surface area contributed by atoms with Gasteiger partial charge in [0.25, 0.3) is 0 Å². The minimum atomic E-state index is -0.715. The van der Waals surface area contributed by atoms with Gasteiger partial charge in [-0.2, -0.15) is 0 Å². The van der Waals surface area contributed by atoms with Crippen LogP contribution in [0, 0.1) is 6.92 Å². The van der Waals surface area contributed by atoms with Gasteiger partial charge in [0.1, 0.15) is 5.54 Å². The van der Waals surface area contributed by atoms with Crippen LogP contribution in [0.3, 0.4) is 0 Å². The minimum absolute atomic E-state index is 0.279. The number of amides is 1. The number of aryl methyl sites for hydroxylation is 1. The second-order valence-corrected chi connectivity index (χ2v) is 4.99. The van der Waals surface area contributed by atoms with E-state index < -0.39 is 5.54 Å². The lowest BCUT2D eigenvalue weighted by atomic mass is 9.85. The van der Waals surface area contributed by atoms with Crippen molar-refractivity contribution in [1.82, 2.24) is 10.2 Å². The lowest BCUT2D eigenvalue weighted by molar-refractivity contribution is -0.130. The largest absolute Gasteiger partial charge is 0.368 e. The van der Waals surface area contributed by atoms with E-state index in [0.717, 1.165) is 37.3 Å². The van der Waals surface area contributed by atoms with Gasteiger partial charge in [-0.1, -0.05) is 24.3 Å². The molecule has 1 atom stereocenters. The molecule has 0 aromatic heterocycles. The van der Waals surface area contributed by atoms with Crippen molar-refractivity contribution in [3.8, 4) is 0 Å². The van der Waals surface area contributed by atoms with Crippen molar-refractivity contribution in [3.05, 3.63) is 35.4 Å². The van der Waals surface area contributed by atoms with E-state index in [2.05, 4.69) is 10.2 Å². The normalized spacial score (nSPS) is 20.3. The molecule has 1 amide bonds. The van der Waals surface area contributed by atoms with Crippen molar-refractivity contribution >= 4 is 5.91 Å². The topological polar surface area (TPSA) is 58.4 Å². The van der Waals surface area contributed by atoms with Crippen molar-refractivity contribution in [2.24, 2.45) is 5.73 Å². The first-order valence-corrected chi connectivity index (χ1v) is 6.38. The number of hydrogen-bond donors (Lipinski definition) is 2. The average Bonchev–Trinajstić information content (AvgIpc) is 2.39. The van der Waals surface area contributed by atoms with E-state index in [1.807, 2.05) is 38.1 Å². The van der Waals surface area contributed by atoms with Crippen LogP contribution in [-0.2, 0) is 10.3 Å². The maximum atomic E-state index is 12.0. The monoisotopic (exact) mass is 247 g/mol. The Hall–Kier alpha value is -1.39. The smallest absolute Gasteiger partial charge is 0.242 e. The van der Waals surface area contributed by atoms with Crippen molar-refractivity contribution in [2.45, 2.75) is 19.4 Å². The molecule has 1 aromatic carbocycles. The van der Waals surface area contributed by atoms with E-state index in [9.17, 15) is 4.79 Å². The van der Waals surface area contributed by atoms with E-state index in [-0.39, 0.29) is 5.91 Å². The van der Waals surface area contributed by atoms with Crippen LogP contribution in [0.2, 0.25) is 0 Å². The SMILES string of the molecule is Cc1ccccc1C(C)(C(N)=O)N1CCNCC1. The van der Waals surface area contributed by atoms with Crippen molar-refractivity contribution in [3.63, 3.8) is 0 Å². The molecule has 1 aliphatic heterocycles. The molecule has 4 nitrogen and oxygen atoms in total. The van der Waals surface area contributed by atoms with Crippen molar-refractivity contribution < 1.29 is 4.79 Å². The quantitative estimate of drug-likeness (QED) is 0.822. The summed E-state index contributed by atoms with van der Waals surface area (Å²) in [4.78, 5) is 14.2. The van der Waals surface area contributed by atoms with Crippen LogP contribution in [0.1, 0.15) is 18.1 Å². The molecular weight excluding hydrogens is 226 g/mol. The highest BCUT2D eigenvalue weighted by Crippen LogP contribution is 2.30. The summed E-state index contributed by atoms with van der Waals surface area (Å²) in [5.74, 6) is -0.279. The summed E-state index contributed by atoms with van der Waals surface area (Å²) in [7, 11) is 0. The Balaban J connectivity index is 2.43. The maximum absolute atomic E-state index is 12.0. The number of nitrogens with zero attached hydrogens (tertiary/aromatic N) is 1. The van der Waals surface area contributed by atoms with Crippen LogP contribution < -0.4 is 11.1 Å². The molecule has 0 aliphatic carbocycles. The van der Waals surface area contributed by atoms with E-state index in [4.69, 9.17) is 5.73 Å². The van der Waals surface area contributed by atoms with E-state index >= 15 is 0 Å². The molecule has 98 valence electrons. The second-order valence-electron chi connectivity index (χ2n) is 4.99. The zero-order chi connectivity index (χ0) is 13.2. The Morgan fingerprint density at radius 3 is 2.50 bits per heavy atom. The fourth-order valence-corrected chi connectivity index (χ4v) is 2.69. The highest BCUT2D eigenvalue weighted by molar-refractivity contribution is 5.86. The summed E-state index contributed by atoms with van der Waals surface area (Å²) in [6, 6.07) is 7.98. The predicted molar refractivity (Wildman–Crippen MR) is 72.2 cm³/mol. The van der Waals surface area contributed by atoms with Gasteiger partial charge in [0, 0.05) is 26.2 Å². The van der Waals surface area contributed by atoms with Crippen LogP contribution in [0.4, 0.5) is 0 Å². The molecule has 1 saturated heterocycles. The number of nitrogens with two attached hydrogens (primary N) is 1. The molecule has 0 spiro atoms. The predicted octanol–water partition coefficient (Wildman–Crippen LogP) is 0.601. The van der Waals surface area contributed by atoms with Gasteiger partial charge in [0.05, 0.1) is 0 Å². The van der Waals surface area contributed by atoms with Crippen molar-refractivity contribution in [2.75, 3.05) is 26.2 Å². The van der Waals surface area contributed by atoms with Crippen LogP contribution >= 0.6 is 0 Å². The Labute approximate surface area is 108 Å². The molecule has 0 radical (unpaired) electrons. The number of primary amides is 1. The zero-order valence-corrected chi connectivity index (χ0v) is 11.1. The fraction of sp³-hybridized carbons (Fsp3) is 0.500. The van der Waals surface area contributed by atoms with Crippen LogP contribution in [0.15, 0.2) is 24.3 Å². The van der Waals surface area contributed by atoms with Gasteiger partial charge in [-0.05, 0) is 25.0 Å². The number of carbonyl (C=O) groups excluding carboxylic acids is 1. The second kappa shape index (κ2) is 5.08. The standard InChI is InChI=1S/C14H21N3O/c1-11-5-3-4-6-12(11)14(2,13(15)18)17-9-7-16-8-10-17/h3-6,16H,7-10H2,1-2H3,(H2,15,18). The number of nitrogens with one attached hydrogen (secondary N) is 1. The van der Waals surface area contributed by atoms with Gasteiger partial charge in [0.2, 0.25) is 5.91 Å². The number of hydrogen-bond acceptors (Lipinski definition) is 3. The number of piperazine rings is 1. The van der Waals surface area contributed by atoms with Gasteiger partial charge in [0.15, 0.2) is 0 Å². The van der Waals surface area contributed by atoms with Crippen LogP contribution in [-0.4, -0.2) is 37.0 Å². The van der Waals surface area contributed by atoms with E-state index in [1.54, 1.807) is 0 Å². The van der Waals surface area contributed by atoms with Gasteiger partial charge in [-0.3, -0.25) is 9.69 Å². The molecule has 1 aliphatic rings. The Morgan fingerprint density at radius 1 is 1.33 bits per heavy atom. The summed E-state index contributed by atoms with van der Waals surface area (Å²) in [6.45, 7) is 7.44. The summed E-state index contributed by atoms with van der Waals surface area (Å²) in [6.07, 6.45) is 0. The molecule has 0 bridgehead atoms. The number of carbonyl (C=O) groups is 1. The minimum Gasteiger partial charge on any atom is -0.368 e. The Bertz CT molecular complexity index is 440. The van der Waals surface area contributed by atoms with Crippen LogP contribution in [0.5, 0.6) is 0 Å². The zero-order valence-electron chi connectivity index (χ0n) is 11.1. The first kappa shape index (κ1) is 13.1. The highest BCUT2D eigenvalue weighted by atomic mass is 16.1. The van der Waals surface area contributed by atoms with Gasteiger partial charge in [-0.25, -0.2) is 0 Å². The maximum Gasteiger partial charge on any atom is 0.242 e. The lowest BCUT2D eigenvalue weighted by Gasteiger charge is -2.42.